The van der Waals surface area contributed by atoms with Crippen LogP contribution in [0.15, 0.2) is 18.2 Å². The molecule has 3 rings (SSSR count). The highest BCUT2D eigenvalue weighted by Crippen LogP contribution is 2.33. The zero-order valence-corrected chi connectivity index (χ0v) is 16.1. The average molecular weight is 360 g/mol. The fourth-order valence-corrected chi connectivity index (χ4v) is 4.15. The Labute approximate surface area is 156 Å². The van der Waals surface area contributed by atoms with Crippen molar-refractivity contribution in [1.29, 1.82) is 0 Å². The second kappa shape index (κ2) is 9.38. The standard InChI is InChI=1S/C21H32N2O3/c1-15-8-9-17(20(12-15)26-11-5-10-25-2)14-22-21(24)19-13-16-6-3-4-7-18(16)23-19/h8-9,12,16,18-19,23H,3-7,10-11,13-14H2,1-2H3,(H,22,24). The van der Waals surface area contributed by atoms with E-state index in [0.717, 1.165) is 29.7 Å². The molecule has 2 N–H and O–H groups in total. The first-order chi connectivity index (χ1) is 12.7. The third-order valence-electron chi connectivity index (χ3n) is 5.61. The van der Waals surface area contributed by atoms with Crippen molar-refractivity contribution in [3.05, 3.63) is 29.3 Å². The summed E-state index contributed by atoms with van der Waals surface area (Å²) in [6, 6.07) is 6.64. The summed E-state index contributed by atoms with van der Waals surface area (Å²) >= 11 is 0. The molecule has 0 radical (unpaired) electrons. The van der Waals surface area contributed by atoms with E-state index in [1.54, 1.807) is 7.11 Å². The molecule has 26 heavy (non-hydrogen) atoms. The topological polar surface area (TPSA) is 59.6 Å². The monoisotopic (exact) mass is 360 g/mol. The van der Waals surface area contributed by atoms with Crippen LogP contribution >= 0.6 is 0 Å². The summed E-state index contributed by atoms with van der Waals surface area (Å²) < 4.78 is 11.0. The van der Waals surface area contributed by atoms with Crippen molar-refractivity contribution in [3.63, 3.8) is 0 Å². The van der Waals surface area contributed by atoms with E-state index in [1.165, 1.54) is 25.7 Å². The van der Waals surface area contributed by atoms with Crippen molar-refractivity contribution in [1.82, 2.24) is 10.6 Å². The number of methoxy groups -OCH3 is 1. The minimum Gasteiger partial charge on any atom is -0.493 e. The summed E-state index contributed by atoms with van der Waals surface area (Å²) in [6.07, 6.45) is 6.90. The Morgan fingerprint density at radius 1 is 1.27 bits per heavy atom. The van der Waals surface area contributed by atoms with Crippen molar-refractivity contribution >= 4 is 5.91 Å². The Balaban J connectivity index is 1.52. The minimum atomic E-state index is -0.0420. The zero-order chi connectivity index (χ0) is 18.4. The van der Waals surface area contributed by atoms with Gasteiger partial charge in [0.1, 0.15) is 5.75 Å². The van der Waals surface area contributed by atoms with Gasteiger partial charge in [-0.05, 0) is 43.7 Å². The number of fused-ring (bicyclic) bond motifs is 1. The highest BCUT2D eigenvalue weighted by atomic mass is 16.5. The molecule has 144 valence electrons. The van der Waals surface area contributed by atoms with Gasteiger partial charge in [0, 0.05) is 38.3 Å². The van der Waals surface area contributed by atoms with Crippen LogP contribution < -0.4 is 15.4 Å². The van der Waals surface area contributed by atoms with Gasteiger partial charge in [-0.2, -0.15) is 0 Å². The van der Waals surface area contributed by atoms with E-state index >= 15 is 0 Å². The van der Waals surface area contributed by atoms with Crippen LogP contribution in [0.1, 0.15) is 49.7 Å². The van der Waals surface area contributed by atoms with Gasteiger partial charge < -0.3 is 20.1 Å². The van der Waals surface area contributed by atoms with Crippen molar-refractivity contribution in [2.24, 2.45) is 5.92 Å². The lowest BCUT2D eigenvalue weighted by molar-refractivity contribution is -0.123. The fourth-order valence-electron chi connectivity index (χ4n) is 4.15. The van der Waals surface area contributed by atoms with E-state index in [0.29, 0.717) is 31.7 Å². The summed E-state index contributed by atoms with van der Waals surface area (Å²) in [5.74, 6) is 1.65. The number of ether oxygens (including phenoxy) is 2. The van der Waals surface area contributed by atoms with E-state index in [2.05, 4.69) is 23.6 Å². The van der Waals surface area contributed by atoms with Gasteiger partial charge in [0.25, 0.3) is 0 Å². The summed E-state index contributed by atoms with van der Waals surface area (Å²) in [5.41, 5.74) is 2.18. The van der Waals surface area contributed by atoms with Gasteiger partial charge in [-0.3, -0.25) is 4.79 Å². The van der Waals surface area contributed by atoms with Crippen molar-refractivity contribution in [2.75, 3.05) is 20.3 Å². The first-order valence-electron chi connectivity index (χ1n) is 9.92. The van der Waals surface area contributed by atoms with Gasteiger partial charge >= 0.3 is 0 Å². The normalized spacial score (nSPS) is 24.9. The number of nitrogens with one attached hydrogen (secondary N) is 2. The first kappa shape index (κ1) is 19.2. The molecule has 1 saturated carbocycles. The molecule has 0 spiro atoms. The second-order valence-electron chi connectivity index (χ2n) is 7.63. The van der Waals surface area contributed by atoms with Gasteiger partial charge in [0.05, 0.1) is 12.6 Å². The van der Waals surface area contributed by atoms with Crippen LogP contribution in [0.3, 0.4) is 0 Å². The molecule has 0 aromatic heterocycles. The molecule has 1 aliphatic carbocycles. The lowest BCUT2D eigenvalue weighted by atomic mass is 9.85. The van der Waals surface area contributed by atoms with Gasteiger partial charge in [-0.15, -0.1) is 0 Å². The Morgan fingerprint density at radius 2 is 2.12 bits per heavy atom. The van der Waals surface area contributed by atoms with Crippen molar-refractivity contribution < 1.29 is 14.3 Å². The molecule has 1 aromatic carbocycles. The summed E-state index contributed by atoms with van der Waals surface area (Å²) in [5, 5.41) is 6.65. The molecular weight excluding hydrogens is 328 g/mol. The van der Waals surface area contributed by atoms with Crippen LogP contribution in [0.25, 0.3) is 0 Å². The molecule has 3 unspecified atom stereocenters. The molecule has 0 bridgehead atoms. The largest absolute Gasteiger partial charge is 0.493 e. The quantitative estimate of drug-likeness (QED) is 0.700. The Hall–Kier alpha value is -1.59. The molecule has 1 amide bonds. The van der Waals surface area contributed by atoms with E-state index in [9.17, 15) is 4.79 Å². The number of hydrogen-bond acceptors (Lipinski definition) is 4. The minimum absolute atomic E-state index is 0.0420. The van der Waals surface area contributed by atoms with Gasteiger partial charge in [0.2, 0.25) is 5.91 Å². The van der Waals surface area contributed by atoms with Crippen LogP contribution in [-0.4, -0.2) is 38.3 Å². The van der Waals surface area contributed by atoms with E-state index in [1.807, 2.05) is 12.1 Å². The second-order valence-corrected chi connectivity index (χ2v) is 7.63. The van der Waals surface area contributed by atoms with E-state index in [4.69, 9.17) is 9.47 Å². The number of rotatable bonds is 8. The maximum Gasteiger partial charge on any atom is 0.237 e. The molecule has 5 heteroatoms. The van der Waals surface area contributed by atoms with Crippen LogP contribution in [0.5, 0.6) is 5.75 Å². The van der Waals surface area contributed by atoms with E-state index < -0.39 is 0 Å². The molecular formula is C21H32N2O3. The number of benzene rings is 1. The molecule has 1 aromatic rings. The highest BCUT2D eigenvalue weighted by molar-refractivity contribution is 5.82. The number of hydrogen-bond donors (Lipinski definition) is 2. The Kier molecular flexibility index (Phi) is 6.92. The number of amides is 1. The summed E-state index contributed by atoms with van der Waals surface area (Å²) in [4.78, 5) is 12.6. The summed E-state index contributed by atoms with van der Waals surface area (Å²) in [6.45, 7) is 3.86. The smallest absolute Gasteiger partial charge is 0.237 e. The zero-order valence-electron chi connectivity index (χ0n) is 16.1. The third kappa shape index (κ3) is 4.98. The highest BCUT2D eigenvalue weighted by Gasteiger charge is 2.38. The number of aryl methyl sites for hydroxylation is 1. The molecule has 2 aliphatic rings. The van der Waals surface area contributed by atoms with E-state index in [-0.39, 0.29) is 11.9 Å². The Morgan fingerprint density at radius 3 is 2.92 bits per heavy atom. The van der Waals surface area contributed by atoms with Crippen LogP contribution in [0.4, 0.5) is 0 Å². The third-order valence-corrected chi connectivity index (χ3v) is 5.61. The predicted octanol–water partition coefficient (Wildman–Crippen LogP) is 2.95. The fraction of sp³-hybridized carbons (Fsp3) is 0.667. The SMILES string of the molecule is COCCCOc1cc(C)ccc1CNC(=O)C1CC2CCCCC2N1. The first-order valence-corrected chi connectivity index (χ1v) is 9.92. The van der Waals surface area contributed by atoms with Crippen LogP contribution in [0, 0.1) is 12.8 Å². The van der Waals surface area contributed by atoms with Gasteiger partial charge in [-0.25, -0.2) is 0 Å². The average Bonchev–Trinajstić information content (AvgIpc) is 3.08. The lowest BCUT2D eigenvalue weighted by Gasteiger charge is -2.24. The van der Waals surface area contributed by atoms with Crippen molar-refractivity contribution in [3.8, 4) is 5.75 Å². The number of carbonyl (C=O) groups excluding carboxylic acids is 1. The predicted molar refractivity (Wildman–Crippen MR) is 102 cm³/mol. The van der Waals surface area contributed by atoms with Gasteiger partial charge in [-0.1, -0.05) is 25.0 Å². The maximum atomic E-state index is 12.6. The van der Waals surface area contributed by atoms with Crippen molar-refractivity contribution in [2.45, 2.75) is 64.1 Å². The van der Waals surface area contributed by atoms with Gasteiger partial charge in [0.15, 0.2) is 0 Å². The molecule has 1 aliphatic heterocycles. The molecule has 2 fully saturated rings. The molecule has 1 heterocycles. The maximum absolute atomic E-state index is 12.6. The number of carbonyl (C=O) groups is 1. The summed E-state index contributed by atoms with van der Waals surface area (Å²) in [7, 11) is 1.70. The van der Waals surface area contributed by atoms with Crippen LogP contribution in [0.2, 0.25) is 0 Å². The lowest BCUT2D eigenvalue weighted by Crippen LogP contribution is -2.42. The van der Waals surface area contributed by atoms with Crippen LogP contribution in [-0.2, 0) is 16.1 Å². The molecule has 3 atom stereocenters. The molecule has 1 saturated heterocycles. The Bertz CT molecular complexity index is 591. The molecule has 5 nitrogen and oxygen atoms in total.